The fourth-order valence-corrected chi connectivity index (χ4v) is 2.05. The predicted molar refractivity (Wildman–Crippen MR) is 121 cm³/mol. The van der Waals surface area contributed by atoms with Crippen molar-refractivity contribution in [2.75, 3.05) is 7.05 Å². The van der Waals surface area contributed by atoms with Crippen molar-refractivity contribution in [2.24, 2.45) is 5.73 Å². The minimum Gasteiger partial charge on any atom is -0.481 e. The van der Waals surface area contributed by atoms with Gasteiger partial charge in [-0.1, -0.05) is 81.8 Å². The number of benzene rings is 2. The van der Waals surface area contributed by atoms with Crippen molar-refractivity contribution in [3.63, 3.8) is 0 Å². The van der Waals surface area contributed by atoms with Crippen LogP contribution < -0.4 is 5.73 Å². The lowest BCUT2D eigenvalue weighted by molar-refractivity contribution is -0.137. The summed E-state index contributed by atoms with van der Waals surface area (Å²) >= 11 is 0. The lowest BCUT2D eigenvalue weighted by Gasteiger charge is -2.04. The largest absolute Gasteiger partial charge is 0.481 e. The van der Waals surface area contributed by atoms with Crippen LogP contribution in [-0.2, 0) is 11.2 Å². The third kappa shape index (κ3) is 14.5. The highest BCUT2D eigenvalue weighted by Gasteiger charge is 2.00. The molecule has 0 spiro atoms. The first-order valence-electron chi connectivity index (χ1n) is 9.60. The number of aliphatic carboxylic acids is 1. The molecule has 0 aromatic heterocycles. The summed E-state index contributed by atoms with van der Waals surface area (Å²) in [7, 11) is 1.50. The van der Waals surface area contributed by atoms with Gasteiger partial charge >= 0.3 is 5.97 Å². The maximum absolute atomic E-state index is 10.5. The molecule has 0 aliphatic heterocycles. The van der Waals surface area contributed by atoms with Crippen molar-refractivity contribution in [3.05, 3.63) is 72.8 Å². The van der Waals surface area contributed by atoms with Gasteiger partial charge in [0.15, 0.2) is 0 Å². The second-order valence-corrected chi connectivity index (χ2v) is 4.81. The Balaban J connectivity index is -0.000000638. The molecular weight excluding hydrogens is 334 g/mol. The minimum absolute atomic E-state index is 0.236. The van der Waals surface area contributed by atoms with Gasteiger partial charge in [-0.15, -0.1) is 13.2 Å². The monoisotopic (exact) mass is 373 g/mol. The normalized spacial score (nSPS) is 8.11. The van der Waals surface area contributed by atoms with E-state index in [0.717, 1.165) is 6.42 Å². The number of hydrogen-bond donors (Lipinski definition) is 2. The van der Waals surface area contributed by atoms with Gasteiger partial charge < -0.3 is 10.8 Å². The van der Waals surface area contributed by atoms with Crippen LogP contribution in [0.25, 0.3) is 11.1 Å². The van der Waals surface area contributed by atoms with Crippen LogP contribution >= 0.6 is 0 Å². The summed E-state index contributed by atoms with van der Waals surface area (Å²) in [5.74, 6) is -0.726. The fraction of sp³-hybridized carbons (Fsp3) is 0.375. The molecule has 0 bridgehead atoms. The zero-order valence-corrected chi connectivity index (χ0v) is 18.1. The first-order chi connectivity index (χ1) is 13.1. The van der Waals surface area contributed by atoms with Gasteiger partial charge in [0.1, 0.15) is 0 Å². The molecule has 2 aromatic rings. The van der Waals surface area contributed by atoms with E-state index in [0.29, 0.717) is 6.42 Å². The zero-order chi connectivity index (χ0) is 21.7. The Labute approximate surface area is 166 Å². The van der Waals surface area contributed by atoms with Gasteiger partial charge in [-0.2, -0.15) is 0 Å². The predicted octanol–water partition coefficient (Wildman–Crippen LogP) is 6.50. The molecule has 3 heteroatoms. The van der Waals surface area contributed by atoms with Crippen LogP contribution in [0.3, 0.4) is 0 Å². The molecule has 0 amide bonds. The Bertz CT molecular complexity index is 560. The molecular formula is C24H39NO2. The molecule has 0 heterocycles. The fourth-order valence-electron chi connectivity index (χ4n) is 2.05. The molecule has 3 N–H and O–H groups in total. The molecule has 0 atom stereocenters. The summed E-state index contributed by atoms with van der Waals surface area (Å²) in [5, 5.41) is 8.61. The Morgan fingerprint density at radius 1 is 0.852 bits per heavy atom. The van der Waals surface area contributed by atoms with Crippen molar-refractivity contribution in [3.8, 4) is 11.1 Å². The van der Waals surface area contributed by atoms with E-state index < -0.39 is 5.97 Å². The van der Waals surface area contributed by atoms with Gasteiger partial charge in [-0.25, -0.2) is 0 Å². The highest BCUT2D eigenvalue weighted by atomic mass is 16.4. The Morgan fingerprint density at radius 3 is 1.59 bits per heavy atom. The Hall–Kier alpha value is -2.39. The van der Waals surface area contributed by atoms with Crippen molar-refractivity contribution in [2.45, 2.75) is 53.9 Å². The molecule has 3 nitrogen and oxygen atoms in total. The SMILES string of the molecule is C=C.CC.CC.CN.Cc1ccc(-c2ccc(CCCC(=O)O)cc2)cc1. The molecule has 0 fully saturated rings. The van der Waals surface area contributed by atoms with Crippen LogP contribution in [-0.4, -0.2) is 18.1 Å². The molecule has 0 aliphatic carbocycles. The smallest absolute Gasteiger partial charge is 0.303 e. The second kappa shape index (κ2) is 21.7. The zero-order valence-electron chi connectivity index (χ0n) is 18.1. The summed E-state index contributed by atoms with van der Waals surface area (Å²) in [6.45, 7) is 16.1. The first-order valence-corrected chi connectivity index (χ1v) is 9.60. The van der Waals surface area contributed by atoms with E-state index in [1.807, 2.05) is 27.7 Å². The van der Waals surface area contributed by atoms with E-state index >= 15 is 0 Å². The van der Waals surface area contributed by atoms with E-state index in [9.17, 15) is 4.79 Å². The van der Waals surface area contributed by atoms with Crippen LogP contribution in [0, 0.1) is 6.92 Å². The third-order valence-corrected chi connectivity index (χ3v) is 3.19. The highest BCUT2D eigenvalue weighted by Crippen LogP contribution is 2.20. The van der Waals surface area contributed by atoms with Crippen molar-refractivity contribution in [1.29, 1.82) is 0 Å². The average Bonchev–Trinajstić information content (AvgIpc) is 2.75. The van der Waals surface area contributed by atoms with Crippen LogP contribution in [0.5, 0.6) is 0 Å². The second-order valence-electron chi connectivity index (χ2n) is 4.81. The number of nitrogens with two attached hydrogens (primary N) is 1. The molecule has 0 unspecified atom stereocenters. The number of carboxylic acid groups (broad SMARTS) is 1. The summed E-state index contributed by atoms with van der Waals surface area (Å²) in [5.41, 5.74) is 9.36. The van der Waals surface area contributed by atoms with Gasteiger partial charge in [0.2, 0.25) is 0 Å². The van der Waals surface area contributed by atoms with Gasteiger partial charge in [0.05, 0.1) is 0 Å². The number of aryl methyl sites for hydroxylation is 2. The van der Waals surface area contributed by atoms with Gasteiger partial charge in [0.25, 0.3) is 0 Å². The summed E-state index contributed by atoms with van der Waals surface area (Å²) in [4.78, 5) is 10.5. The van der Waals surface area contributed by atoms with Crippen LogP contribution in [0.1, 0.15) is 51.7 Å². The molecule has 27 heavy (non-hydrogen) atoms. The molecule has 0 radical (unpaired) electrons. The maximum atomic E-state index is 10.5. The number of carboxylic acids is 1. The van der Waals surface area contributed by atoms with Gasteiger partial charge in [-0.3, -0.25) is 4.79 Å². The van der Waals surface area contributed by atoms with E-state index in [4.69, 9.17) is 5.11 Å². The van der Waals surface area contributed by atoms with Crippen molar-refractivity contribution in [1.82, 2.24) is 0 Å². The summed E-state index contributed by atoms with van der Waals surface area (Å²) in [6, 6.07) is 16.8. The third-order valence-electron chi connectivity index (χ3n) is 3.19. The Morgan fingerprint density at radius 2 is 1.22 bits per heavy atom. The standard InChI is InChI=1S/C17H18O2.2C2H6.C2H4.CH5N/c1-13-5-9-15(10-6-13)16-11-7-14(8-12-16)3-2-4-17(18)19;4*1-2/h5-12H,2-4H2,1H3,(H,18,19);2*1-2H3;1-2H2;2H2,1H3. The van der Waals surface area contributed by atoms with Crippen molar-refractivity contribution < 1.29 is 9.90 Å². The molecule has 0 saturated heterocycles. The van der Waals surface area contributed by atoms with E-state index in [1.165, 1.54) is 29.3 Å². The number of hydrogen-bond acceptors (Lipinski definition) is 2. The average molecular weight is 374 g/mol. The summed E-state index contributed by atoms with van der Waals surface area (Å²) in [6.07, 6.45) is 1.75. The van der Waals surface area contributed by atoms with Gasteiger partial charge in [-0.05, 0) is 43.5 Å². The number of rotatable bonds is 5. The van der Waals surface area contributed by atoms with Crippen LogP contribution in [0.15, 0.2) is 61.7 Å². The van der Waals surface area contributed by atoms with E-state index in [1.54, 1.807) is 0 Å². The highest BCUT2D eigenvalue weighted by molar-refractivity contribution is 5.66. The first kappa shape index (κ1) is 29.4. The van der Waals surface area contributed by atoms with Crippen LogP contribution in [0.4, 0.5) is 0 Å². The van der Waals surface area contributed by atoms with Crippen LogP contribution in [0.2, 0.25) is 0 Å². The summed E-state index contributed by atoms with van der Waals surface area (Å²) < 4.78 is 0. The van der Waals surface area contributed by atoms with Crippen molar-refractivity contribution >= 4 is 5.97 Å². The molecule has 0 aliphatic rings. The lowest BCUT2D eigenvalue weighted by Crippen LogP contribution is -1.95. The number of carbonyl (C=O) groups is 1. The van der Waals surface area contributed by atoms with Gasteiger partial charge in [0, 0.05) is 6.42 Å². The van der Waals surface area contributed by atoms with E-state index in [2.05, 4.69) is 74.3 Å². The molecule has 152 valence electrons. The molecule has 2 rings (SSSR count). The maximum Gasteiger partial charge on any atom is 0.303 e. The Kier molecular flexibility index (Phi) is 23.6. The molecule has 0 saturated carbocycles. The topological polar surface area (TPSA) is 63.3 Å². The quantitative estimate of drug-likeness (QED) is 0.588. The van der Waals surface area contributed by atoms with E-state index in [-0.39, 0.29) is 6.42 Å². The minimum atomic E-state index is -0.726. The molecule has 2 aromatic carbocycles. The lowest BCUT2D eigenvalue weighted by atomic mass is 10.0.